The number of aryl methyl sites for hydroxylation is 1. The van der Waals surface area contributed by atoms with Crippen molar-refractivity contribution in [3.63, 3.8) is 0 Å². The van der Waals surface area contributed by atoms with Gasteiger partial charge in [0.2, 0.25) is 17.7 Å². The van der Waals surface area contributed by atoms with Gasteiger partial charge in [-0.25, -0.2) is 5.48 Å². The Morgan fingerprint density at radius 1 is 1.16 bits per heavy atom. The molecule has 7 heteroatoms. The number of likely N-dealkylation sites (tertiary alicyclic amines) is 1. The summed E-state index contributed by atoms with van der Waals surface area (Å²) < 4.78 is 0. The number of carbonyl (C=O) groups is 3. The standard InChI is InChI=1S/C24H33N3O4/c1-16-6-8-19(9-7-16)25-22(29)20-14-24(10-11-24)15-27(20)23(30)18(13-21(28)26-31)12-17-4-2-3-5-17/h6-9,17-18,20,31H,2-5,10-15H2,1H3,(H,25,29)(H,26,28)/t18-,20+/m1/s1. The van der Waals surface area contributed by atoms with Gasteiger partial charge in [-0.05, 0) is 56.1 Å². The van der Waals surface area contributed by atoms with E-state index in [9.17, 15) is 14.4 Å². The molecular formula is C24H33N3O4. The molecular weight excluding hydrogens is 394 g/mol. The highest BCUT2D eigenvalue weighted by Gasteiger charge is 2.55. The number of carbonyl (C=O) groups excluding carboxylic acids is 3. The van der Waals surface area contributed by atoms with Gasteiger partial charge in [-0.3, -0.25) is 19.6 Å². The number of hydrogen-bond donors (Lipinski definition) is 3. The number of anilines is 1. The molecule has 1 aromatic rings. The first-order valence-electron chi connectivity index (χ1n) is 11.5. The van der Waals surface area contributed by atoms with Gasteiger partial charge in [0, 0.05) is 24.6 Å². The third-order valence-electron chi connectivity index (χ3n) is 7.37. The molecule has 1 aromatic carbocycles. The summed E-state index contributed by atoms with van der Waals surface area (Å²) in [4.78, 5) is 40.4. The molecule has 2 saturated carbocycles. The summed E-state index contributed by atoms with van der Waals surface area (Å²) in [5.41, 5.74) is 3.57. The molecule has 0 unspecified atom stereocenters. The minimum absolute atomic E-state index is 0.0400. The normalized spacial score (nSPS) is 23.0. The molecule has 0 aromatic heterocycles. The highest BCUT2D eigenvalue weighted by Crippen LogP contribution is 2.55. The summed E-state index contributed by atoms with van der Waals surface area (Å²) in [5, 5.41) is 12.0. The number of nitrogens with one attached hydrogen (secondary N) is 2. The van der Waals surface area contributed by atoms with Crippen LogP contribution < -0.4 is 10.8 Å². The average molecular weight is 428 g/mol. The van der Waals surface area contributed by atoms with Crippen LogP contribution in [0.3, 0.4) is 0 Å². The van der Waals surface area contributed by atoms with Crippen LogP contribution in [0.15, 0.2) is 24.3 Å². The predicted molar refractivity (Wildman–Crippen MR) is 116 cm³/mol. The van der Waals surface area contributed by atoms with E-state index in [0.29, 0.717) is 25.3 Å². The molecule has 3 aliphatic rings. The quantitative estimate of drug-likeness (QED) is 0.459. The molecule has 31 heavy (non-hydrogen) atoms. The van der Waals surface area contributed by atoms with Crippen LogP contribution in [-0.4, -0.2) is 40.4 Å². The third kappa shape index (κ3) is 5.09. The van der Waals surface area contributed by atoms with Crippen LogP contribution in [0.25, 0.3) is 0 Å². The number of hydroxylamine groups is 1. The molecule has 3 N–H and O–H groups in total. The maximum atomic E-state index is 13.6. The molecule has 2 atom stereocenters. The van der Waals surface area contributed by atoms with E-state index in [-0.39, 0.29) is 23.7 Å². The van der Waals surface area contributed by atoms with Crippen molar-refractivity contribution in [2.24, 2.45) is 17.3 Å². The lowest BCUT2D eigenvalue weighted by molar-refractivity contribution is -0.144. The molecule has 2 aliphatic carbocycles. The second-order valence-electron chi connectivity index (χ2n) is 9.86. The lowest BCUT2D eigenvalue weighted by Crippen LogP contribution is -2.46. The monoisotopic (exact) mass is 427 g/mol. The summed E-state index contributed by atoms with van der Waals surface area (Å²) in [6.45, 7) is 2.58. The number of amides is 3. The fraction of sp³-hybridized carbons (Fsp3) is 0.625. The summed E-state index contributed by atoms with van der Waals surface area (Å²) in [6, 6.07) is 7.12. The summed E-state index contributed by atoms with van der Waals surface area (Å²) in [5.74, 6) is -0.899. The molecule has 3 fully saturated rings. The zero-order chi connectivity index (χ0) is 22.0. The first kappa shape index (κ1) is 21.8. The Morgan fingerprint density at radius 2 is 1.84 bits per heavy atom. The van der Waals surface area contributed by atoms with Crippen LogP contribution in [0, 0.1) is 24.2 Å². The second kappa shape index (κ2) is 8.99. The van der Waals surface area contributed by atoms with Gasteiger partial charge in [-0.2, -0.15) is 0 Å². The van der Waals surface area contributed by atoms with Crippen LogP contribution in [0.4, 0.5) is 5.69 Å². The van der Waals surface area contributed by atoms with Crippen molar-refractivity contribution in [1.82, 2.24) is 10.4 Å². The minimum Gasteiger partial charge on any atom is -0.330 e. The largest absolute Gasteiger partial charge is 0.330 e. The lowest BCUT2D eigenvalue weighted by Gasteiger charge is -2.29. The van der Waals surface area contributed by atoms with Crippen LogP contribution in [-0.2, 0) is 14.4 Å². The van der Waals surface area contributed by atoms with E-state index in [1.807, 2.05) is 31.2 Å². The van der Waals surface area contributed by atoms with Crippen molar-refractivity contribution in [1.29, 1.82) is 0 Å². The van der Waals surface area contributed by atoms with Crippen molar-refractivity contribution >= 4 is 23.4 Å². The topological polar surface area (TPSA) is 98.7 Å². The van der Waals surface area contributed by atoms with E-state index in [1.54, 1.807) is 10.4 Å². The molecule has 1 heterocycles. The maximum absolute atomic E-state index is 13.6. The van der Waals surface area contributed by atoms with Crippen molar-refractivity contribution < 1.29 is 19.6 Å². The van der Waals surface area contributed by atoms with Crippen molar-refractivity contribution in [3.05, 3.63) is 29.8 Å². The maximum Gasteiger partial charge on any atom is 0.247 e. The Kier molecular flexibility index (Phi) is 6.32. The van der Waals surface area contributed by atoms with Crippen LogP contribution in [0.1, 0.15) is 63.4 Å². The Balaban J connectivity index is 1.50. The highest BCUT2D eigenvalue weighted by molar-refractivity contribution is 5.98. The molecule has 3 amide bonds. The van der Waals surface area contributed by atoms with E-state index in [1.165, 1.54) is 0 Å². The van der Waals surface area contributed by atoms with Crippen LogP contribution in [0.5, 0.6) is 0 Å². The first-order valence-corrected chi connectivity index (χ1v) is 11.5. The fourth-order valence-electron chi connectivity index (χ4n) is 5.35. The molecule has 7 nitrogen and oxygen atoms in total. The van der Waals surface area contributed by atoms with Gasteiger partial charge in [0.15, 0.2) is 0 Å². The zero-order valence-corrected chi connectivity index (χ0v) is 18.2. The fourth-order valence-corrected chi connectivity index (χ4v) is 5.35. The van der Waals surface area contributed by atoms with Crippen molar-refractivity contribution in [2.45, 2.75) is 70.8 Å². The third-order valence-corrected chi connectivity index (χ3v) is 7.37. The van der Waals surface area contributed by atoms with E-state index < -0.39 is 17.9 Å². The minimum atomic E-state index is -0.544. The van der Waals surface area contributed by atoms with Gasteiger partial charge < -0.3 is 10.2 Å². The lowest BCUT2D eigenvalue weighted by atomic mass is 9.89. The second-order valence-corrected chi connectivity index (χ2v) is 9.86. The van der Waals surface area contributed by atoms with Crippen molar-refractivity contribution in [3.8, 4) is 0 Å². The van der Waals surface area contributed by atoms with Gasteiger partial charge in [-0.15, -0.1) is 0 Å². The number of benzene rings is 1. The highest BCUT2D eigenvalue weighted by atomic mass is 16.5. The Bertz CT molecular complexity index is 828. The molecule has 1 spiro atoms. The molecule has 1 saturated heterocycles. The van der Waals surface area contributed by atoms with Gasteiger partial charge >= 0.3 is 0 Å². The van der Waals surface area contributed by atoms with Gasteiger partial charge in [0.25, 0.3) is 0 Å². The van der Waals surface area contributed by atoms with E-state index in [0.717, 1.165) is 49.8 Å². The molecule has 4 rings (SSSR count). The Labute approximate surface area is 183 Å². The smallest absolute Gasteiger partial charge is 0.247 e. The van der Waals surface area contributed by atoms with E-state index >= 15 is 0 Å². The van der Waals surface area contributed by atoms with Gasteiger partial charge in [-0.1, -0.05) is 43.4 Å². The van der Waals surface area contributed by atoms with E-state index in [4.69, 9.17) is 5.21 Å². The SMILES string of the molecule is Cc1ccc(NC(=O)[C@@H]2CC3(CC3)CN2C(=O)[C@@H](CC(=O)NO)CC2CCCC2)cc1. The number of rotatable bonds is 7. The molecule has 0 radical (unpaired) electrons. The zero-order valence-electron chi connectivity index (χ0n) is 18.2. The first-order chi connectivity index (χ1) is 14.9. The summed E-state index contributed by atoms with van der Waals surface area (Å²) in [7, 11) is 0. The summed E-state index contributed by atoms with van der Waals surface area (Å²) in [6.07, 6.45) is 7.82. The Hall–Kier alpha value is -2.41. The Morgan fingerprint density at radius 3 is 2.45 bits per heavy atom. The van der Waals surface area contributed by atoms with Gasteiger partial charge in [0.05, 0.1) is 0 Å². The van der Waals surface area contributed by atoms with Crippen molar-refractivity contribution in [2.75, 3.05) is 11.9 Å². The number of hydrogen-bond acceptors (Lipinski definition) is 4. The van der Waals surface area contributed by atoms with E-state index in [2.05, 4.69) is 5.32 Å². The predicted octanol–water partition coefficient (Wildman–Crippen LogP) is 3.41. The average Bonchev–Trinajstić information content (AvgIpc) is 3.13. The summed E-state index contributed by atoms with van der Waals surface area (Å²) >= 11 is 0. The molecule has 1 aliphatic heterocycles. The van der Waals surface area contributed by atoms with Gasteiger partial charge in [0.1, 0.15) is 6.04 Å². The van der Waals surface area contributed by atoms with Crippen LogP contribution >= 0.6 is 0 Å². The molecule has 168 valence electrons. The molecule has 0 bridgehead atoms. The number of nitrogens with zero attached hydrogens (tertiary/aromatic N) is 1. The van der Waals surface area contributed by atoms with Crippen LogP contribution in [0.2, 0.25) is 0 Å².